The first kappa shape index (κ1) is 17.6. The summed E-state index contributed by atoms with van der Waals surface area (Å²) in [5, 5.41) is 9.44. The van der Waals surface area contributed by atoms with E-state index in [4.69, 9.17) is 20.3 Å². The van der Waals surface area contributed by atoms with Gasteiger partial charge in [-0.2, -0.15) is 0 Å². The highest BCUT2D eigenvalue weighted by Gasteiger charge is 2.36. The van der Waals surface area contributed by atoms with Crippen molar-refractivity contribution in [3.8, 4) is 11.5 Å². The summed E-state index contributed by atoms with van der Waals surface area (Å²) < 4.78 is 27.0. The Morgan fingerprint density at radius 1 is 1.08 bits per heavy atom. The number of esters is 2. The second-order valence-corrected chi connectivity index (χ2v) is 4.48. The van der Waals surface area contributed by atoms with Crippen LogP contribution in [0.15, 0.2) is 12.1 Å². The van der Waals surface area contributed by atoms with Crippen LogP contribution < -0.4 is 9.47 Å². The van der Waals surface area contributed by atoms with E-state index in [-0.39, 0.29) is 35.8 Å². The number of rotatable bonds is 8. The Balaban J connectivity index is 3.58. The van der Waals surface area contributed by atoms with E-state index in [2.05, 4.69) is 0 Å². The van der Waals surface area contributed by atoms with Gasteiger partial charge in [-0.05, 0) is 31.5 Å². The van der Waals surface area contributed by atoms with E-state index in [0.717, 1.165) is 6.07 Å². The predicted molar refractivity (Wildman–Crippen MR) is 82.5 cm³/mol. The van der Waals surface area contributed by atoms with Crippen molar-refractivity contribution in [3.63, 3.8) is 0 Å². The molecule has 0 saturated carbocycles. The lowest BCUT2D eigenvalue weighted by Gasteiger charge is -2.18. The minimum absolute atomic E-state index is 0.00335. The van der Waals surface area contributed by atoms with Gasteiger partial charge in [0.25, 0.3) is 0 Å². The molecule has 1 aromatic carbocycles. The number of carboxylic acid groups (broad SMARTS) is 1. The fourth-order valence-corrected chi connectivity index (χ4v) is 2.07. The van der Waals surface area contributed by atoms with E-state index >= 15 is 0 Å². The van der Waals surface area contributed by atoms with Crippen LogP contribution in [0.2, 0.25) is 0 Å². The lowest BCUT2D eigenvalue weighted by atomic mass is 9.93. The van der Waals surface area contributed by atoms with Gasteiger partial charge in [-0.1, -0.05) is 0 Å². The summed E-state index contributed by atoms with van der Waals surface area (Å²) in [6.07, 6.45) is 0. The van der Waals surface area contributed by atoms with E-state index in [1.807, 2.05) is 0 Å². The average Bonchev–Trinajstić information content (AvgIpc) is 2.55. The zero-order chi connectivity index (χ0) is 19.0. The zero-order valence-corrected chi connectivity index (χ0v) is 13.7. The van der Waals surface area contributed by atoms with Gasteiger partial charge in [-0.3, -0.25) is 9.59 Å². The van der Waals surface area contributed by atoms with Crippen molar-refractivity contribution in [2.45, 2.75) is 19.8 Å². The summed E-state index contributed by atoms with van der Waals surface area (Å²) >= 11 is 0. The molecule has 0 spiro atoms. The largest absolute Gasteiger partial charge is 0.493 e. The second-order valence-electron chi connectivity index (χ2n) is 4.48. The molecule has 0 amide bonds. The maximum atomic E-state index is 12.2. The molecule has 0 unspecified atom stereocenters. The second kappa shape index (κ2) is 8.76. The van der Waals surface area contributed by atoms with Gasteiger partial charge in [0.2, 0.25) is 0 Å². The van der Waals surface area contributed by atoms with Crippen molar-refractivity contribution in [2.75, 3.05) is 27.4 Å². The molecule has 1 aromatic rings. The molecule has 132 valence electrons. The van der Waals surface area contributed by atoms with Crippen LogP contribution in [0.5, 0.6) is 11.5 Å². The molecule has 0 radical (unpaired) electrons. The first-order valence-corrected chi connectivity index (χ1v) is 7.11. The smallest absolute Gasteiger partial charge is 0.336 e. The molecule has 0 aliphatic heterocycles. The number of hydrogen-bond donors (Lipinski definition) is 1. The molecule has 0 aliphatic carbocycles. The summed E-state index contributed by atoms with van der Waals surface area (Å²) in [5.41, 5.74) is -0.492. The lowest BCUT2D eigenvalue weighted by molar-refractivity contribution is -0.156. The normalized spacial score (nSPS) is 10.8. The Labute approximate surface area is 140 Å². The van der Waals surface area contributed by atoms with E-state index in [9.17, 15) is 19.5 Å². The number of carbonyl (C=O) groups is 3. The van der Waals surface area contributed by atoms with Gasteiger partial charge >= 0.3 is 17.9 Å². The molecule has 0 aliphatic rings. The molecule has 8 heteroatoms. The third-order valence-corrected chi connectivity index (χ3v) is 3.08. The van der Waals surface area contributed by atoms with Gasteiger partial charge in [0.1, 0.15) is 0 Å². The van der Waals surface area contributed by atoms with Gasteiger partial charge in [0.05, 0.1) is 34.3 Å². The first-order chi connectivity index (χ1) is 11.9. The average molecular weight is 341 g/mol. The fraction of sp³-hybridized carbons (Fsp3) is 0.438. The quantitative estimate of drug-likeness (QED) is 0.561. The Hall–Kier alpha value is -2.77. The van der Waals surface area contributed by atoms with Crippen LogP contribution in [-0.4, -0.2) is 50.4 Å². The third kappa shape index (κ3) is 4.15. The topological polar surface area (TPSA) is 108 Å². The number of benzene rings is 1. The number of carboxylic acids is 1. The van der Waals surface area contributed by atoms with Crippen molar-refractivity contribution >= 4 is 17.9 Å². The minimum Gasteiger partial charge on any atom is -0.493 e. The number of aromatic carboxylic acids is 1. The Morgan fingerprint density at radius 3 is 2.04 bits per heavy atom. The standard InChI is InChI=1S/C16H20O8/c1-5-23-15(19)13(16(20)24-6-2)9-7-11(21-3)12(22-4)8-10(9)14(17)18/h7-8,13H,5-6H2,1-4H3,(H,17,18)/i3D. The Morgan fingerprint density at radius 2 is 1.62 bits per heavy atom. The van der Waals surface area contributed by atoms with Crippen molar-refractivity contribution < 1.29 is 39.8 Å². The van der Waals surface area contributed by atoms with Gasteiger partial charge in [-0.15, -0.1) is 0 Å². The first-order valence-electron chi connectivity index (χ1n) is 7.82. The molecular formula is C16H20O8. The SMILES string of the molecule is [2H]COc1cc(C(C(=O)OCC)C(=O)OCC)c(C(=O)O)cc1OC. The monoisotopic (exact) mass is 341 g/mol. The number of carbonyl (C=O) groups excluding carboxylic acids is 2. The van der Waals surface area contributed by atoms with Crippen LogP contribution in [0.1, 0.15) is 37.1 Å². The maximum absolute atomic E-state index is 12.2. The molecular weight excluding hydrogens is 320 g/mol. The lowest BCUT2D eigenvalue weighted by Crippen LogP contribution is -2.28. The molecule has 0 atom stereocenters. The fourth-order valence-electron chi connectivity index (χ4n) is 2.07. The highest BCUT2D eigenvalue weighted by molar-refractivity contribution is 6.04. The van der Waals surface area contributed by atoms with Crippen LogP contribution >= 0.6 is 0 Å². The highest BCUT2D eigenvalue weighted by atomic mass is 16.6. The molecule has 8 nitrogen and oxygen atoms in total. The summed E-state index contributed by atoms with van der Waals surface area (Å²) in [6.45, 7) is 3.12. The third-order valence-electron chi connectivity index (χ3n) is 3.08. The van der Waals surface area contributed by atoms with Gasteiger partial charge in [-0.25, -0.2) is 4.79 Å². The molecule has 1 rings (SSSR count). The molecule has 1 N–H and O–H groups in total. The molecule has 0 fully saturated rings. The Kier molecular flexibility index (Phi) is 6.41. The number of ether oxygens (including phenoxy) is 4. The predicted octanol–water partition coefficient (Wildman–Crippen LogP) is 1.61. The van der Waals surface area contributed by atoms with Crippen molar-refractivity contribution in [2.24, 2.45) is 0 Å². The zero-order valence-electron chi connectivity index (χ0n) is 14.7. The van der Waals surface area contributed by atoms with Crippen LogP contribution in [0.3, 0.4) is 0 Å². The van der Waals surface area contributed by atoms with Crippen molar-refractivity contribution in [1.82, 2.24) is 0 Å². The van der Waals surface area contributed by atoms with E-state index in [1.54, 1.807) is 13.8 Å². The number of hydrogen-bond acceptors (Lipinski definition) is 7. The minimum atomic E-state index is -1.59. The van der Waals surface area contributed by atoms with Crippen molar-refractivity contribution in [1.29, 1.82) is 0 Å². The van der Waals surface area contributed by atoms with Crippen LogP contribution in [0.4, 0.5) is 0 Å². The van der Waals surface area contributed by atoms with E-state index in [1.165, 1.54) is 13.2 Å². The molecule has 0 heterocycles. The van der Waals surface area contributed by atoms with Gasteiger partial charge in [0.15, 0.2) is 17.4 Å². The van der Waals surface area contributed by atoms with E-state index < -0.39 is 30.9 Å². The van der Waals surface area contributed by atoms with Crippen LogP contribution in [0.25, 0.3) is 0 Å². The summed E-state index contributed by atoms with van der Waals surface area (Å²) in [7, 11) is 0.831. The van der Waals surface area contributed by atoms with Crippen molar-refractivity contribution in [3.05, 3.63) is 23.3 Å². The number of methoxy groups -OCH3 is 2. The molecule has 0 aromatic heterocycles. The van der Waals surface area contributed by atoms with Crippen LogP contribution in [0, 0.1) is 0 Å². The maximum Gasteiger partial charge on any atom is 0.336 e. The molecule has 24 heavy (non-hydrogen) atoms. The molecule has 0 saturated heterocycles. The van der Waals surface area contributed by atoms with Crippen LogP contribution in [-0.2, 0) is 19.1 Å². The summed E-state index contributed by atoms with van der Waals surface area (Å²) in [4.78, 5) is 36.1. The van der Waals surface area contributed by atoms with E-state index in [0.29, 0.717) is 0 Å². The highest BCUT2D eigenvalue weighted by Crippen LogP contribution is 2.35. The summed E-state index contributed by atoms with van der Waals surface area (Å²) in [6, 6.07) is 2.30. The summed E-state index contributed by atoms with van der Waals surface area (Å²) in [5.74, 6) is -4.76. The van der Waals surface area contributed by atoms with Gasteiger partial charge in [0, 0.05) is 0 Å². The van der Waals surface area contributed by atoms with Gasteiger partial charge < -0.3 is 24.1 Å². The molecule has 0 bridgehead atoms. The Bertz CT molecular complexity index is 625.